The van der Waals surface area contributed by atoms with Gasteiger partial charge >= 0.3 is 5.97 Å². The van der Waals surface area contributed by atoms with Gasteiger partial charge in [-0.05, 0) is 75.1 Å². The Balaban J connectivity index is 1.46. The van der Waals surface area contributed by atoms with E-state index in [1.54, 1.807) is 35.9 Å². The SMILES string of the molecule is CC(OC(=O)c1nn(-c2ccc(F)cc2)c2c1CCC2)C(=O)NC(C)c1ccc(F)cc1. The van der Waals surface area contributed by atoms with E-state index >= 15 is 0 Å². The highest BCUT2D eigenvalue weighted by Crippen LogP contribution is 2.28. The second-order valence-electron chi connectivity index (χ2n) is 7.84. The van der Waals surface area contributed by atoms with Gasteiger partial charge in [-0.2, -0.15) is 5.10 Å². The van der Waals surface area contributed by atoms with E-state index < -0.39 is 18.0 Å². The third-order valence-corrected chi connectivity index (χ3v) is 5.58. The van der Waals surface area contributed by atoms with Crippen molar-refractivity contribution in [3.63, 3.8) is 0 Å². The standard InChI is InChI=1S/C24H23F2N3O3/c1-14(16-6-8-17(25)9-7-16)27-23(30)15(2)32-24(31)22-20-4-3-5-21(20)29(28-22)19-12-10-18(26)11-13-19/h6-15H,3-5H2,1-2H3,(H,27,30). The Morgan fingerprint density at radius 1 is 1.00 bits per heavy atom. The largest absolute Gasteiger partial charge is 0.448 e. The number of fused-ring (bicyclic) bond motifs is 1. The monoisotopic (exact) mass is 439 g/mol. The predicted molar refractivity (Wildman–Crippen MR) is 113 cm³/mol. The highest BCUT2D eigenvalue weighted by atomic mass is 19.1. The lowest BCUT2D eigenvalue weighted by atomic mass is 10.1. The maximum absolute atomic E-state index is 13.3. The molecule has 0 radical (unpaired) electrons. The summed E-state index contributed by atoms with van der Waals surface area (Å²) in [7, 11) is 0. The summed E-state index contributed by atoms with van der Waals surface area (Å²) >= 11 is 0. The summed E-state index contributed by atoms with van der Waals surface area (Å²) in [4.78, 5) is 25.4. The molecule has 1 N–H and O–H groups in total. The zero-order valence-corrected chi connectivity index (χ0v) is 17.8. The molecule has 1 aliphatic carbocycles. The second-order valence-corrected chi connectivity index (χ2v) is 7.84. The molecule has 3 aromatic rings. The van der Waals surface area contributed by atoms with E-state index in [0.717, 1.165) is 29.7 Å². The van der Waals surface area contributed by atoms with E-state index in [-0.39, 0.29) is 23.4 Å². The summed E-state index contributed by atoms with van der Waals surface area (Å²) < 4.78 is 33.4. The first-order chi connectivity index (χ1) is 15.3. The number of hydrogen-bond acceptors (Lipinski definition) is 4. The quantitative estimate of drug-likeness (QED) is 0.588. The van der Waals surface area contributed by atoms with Crippen molar-refractivity contribution < 1.29 is 23.1 Å². The number of rotatable bonds is 6. The van der Waals surface area contributed by atoms with Crippen molar-refractivity contribution in [2.75, 3.05) is 0 Å². The molecule has 0 bridgehead atoms. The van der Waals surface area contributed by atoms with Crippen LogP contribution >= 0.6 is 0 Å². The van der Waals surface area contributed by atoms with E-state index in [1.807, 2.05) is 0 Å². The van der Waals surface area contributed by atoms with Gasteiger partial charge in [-0.3, -0.25) is 4.79 Å². The topological polar surface area (TPSA) is 73.2 Å². The number of benzene rings is 2. The highest BCUT2D eigenvalue weighted by molar-refractivity contribution is 5.92. The first-order valence-corrected chi connectivity index (χ1v) is 10.5. The fourth-order valence-corrected chi connectivity index (χ4v) is 3.83. The van der Waals surface area contributed by atoms with Crippen molar-refractivity contribution in [3.8, 4) is 5.69 Å². The number of amides is 1. The molecule has 1 amide bonds. The molecule has 0 aliphatic heterocycles. The van der Waals surface area contributed by atoms with Crippen molar-refractivity contribution in [2.45, 2.75) is 45.3 Å². The summed E-state index contributed by atoms with van der Waals surface area (Å²) in [5.74, 6) is -1.86. The summed E-state index contributed by atoms with van der Waals surface area (Å²) in [6, 6.07) is 11.3. The molecule has 4 rings (SSSR count). The molecule has 0 saturated heterocycles. The summed E-state index contributed by atoms with van der Waals surface area (Å²) in [5, 5.41) is 7.17. The zero-order valence-electron chi connectivity index (χ0n) is 17.8. The molecular weight excluding hydrogens is 416 g/mol. The minimum Gasteiger partial charge on any atom is -0.448 e. The lowest BCUT2D eigenvalue weighted by Crippen LogP contribution is -2.37. The Hall–Kier alpha value is -3.55. The first-order valence-electron chi connectivity index (χ1n) is 10.5. The number of hydrogen-bond donors (Lipinski definition) is 1. The molecule has 1 heterocycles. The van der Waals surface area contributed by atoms with Gasteiger partial charge in [0.1, 0.15) is 11.6 Å². The number of esters is 1. The van der Waals surface area contributed by atoms with Crippen LogP contribution in [0.25, 0.3) is 5.69 Å². The van der Waals surface area contributed by atoms with Crippen molar-refractivity contribution in [1.82, 2.24) is 15.1 Å². The van der Waals surface area contributed by atoms with E-state index in [4.69, 9.17) is 4.74 Å². The van der Waals surface area contributed by atoms with Crippen LogP contribution in [0, 0.1) is 11.6 Å². The van der Waals surface area contributed by atoms with Crippen LogP contribution in [-0.4, -0.2) is 27.8 Å². The van der Waals surface area contributed by atoms with Crippen LogP contribution in [0.1, 0.15) is 53.6 Å². The highest BCUT2D eigenvalue weighted by Gasteiger charge is 2.30. The molecule has 0 spiro atoms. The van der Waals surface area contributed by atoms with Crippen LogP contribution < -0.4 is 5.32 Å². The lowest BCUT2D eigenvalue weighted by molar-refractivity contribution is -0.129. The average Bonchev–Trinajstić information content (AvgIpc) is 3.37. The maximum atomic E-state index is 13.3. The van der Waals surface area contributed by atoms with Gasteiger partial charge < -0.3 is 10.1 Å². The van der Waals surface area contributed by atoms with Crippen LogP contribution in [0.5, 0.6) is 0 Å². The number of ether oxygens (including phenoxy) is 1. The normalized spacial score (nSPS) is 14.5. The van der Waals surface area contributed by atoms with E-state index in [9.17, 15) is 18.4 Å². The Kier molecular flexibility index (Phi) is 6.03. The molecule has 166 valence electrons. The predicted octanol–water partition coefficient (Wildman–Crippen LogP) is 4.06. The van der Waals surface area contributed by atoms with E-state index in [0.29, 0.717) is 12.1 Å². The minimum absolute atomic E-state index is 0.174. The number of nitrogens with one attached hydrogen (secondary N) is 1. The van der Waals surface area contributed by atoms with Crippen LogP contribution in [-0.2, 0) is 22.4 Å². The van der Waals surface area contributed by atoms with Gasteiger partial charge in [0.15, 0.2) is 11.8 Å². The summed E-state index contributed by atoms with van der Waals surface area (Å²) in [6.45, 7) is 3.25. The molecule has 8 heteroatoms. The minimum atomic E-state index is -1.04. The van der Waals surface area contributed by atoms with Crippen LogP contribution in [0.4, 0.5) is 8.78 Å². The van der Waals surface area contributed by atoms with E-state index in [1.165, 1.54) is 31.2 Å². The Bertz CT molecular complexity index is 1140. The van der Waals surface area contributed by atoms with Crippen LogP contribution in [0.2, 0.25) is 0 Å². The van der Waals surface area contributed by atoms with Gasteiger partial charge in [0.25, 0.3) is 5.91 Å². The molecule has 0 saturated carbocycles. The van der Waals surface area contributed by atoms with Crippen molar-refractivity contribution >= 4 is 11.9 Å². The van der Waals surface area contributed by atoms with Gasteiger partial charge in [-0.15, -0.1) is 0 Å². The molecule has 1 aromatic heterocycles. The molecular formula is C24H23F2N3O3. The van der Waals surface area contributed by atoms with Gasteiger partial charge in [0.05, 0.1) is 11.7 Å². The Labute approximate surface area is 184 Å². The lowest BCUT2D eigenvalue weighted by Gasteiger charge is -2.18. The number of halogens is 2. The average molecular weight is 439 g/mol. The number of carbonyl (C=O) groups is 2. The molecule has 1 aliphatic rings. The fourth-order valence-electron chi connectivity index (χ4n) is 3.83. The smallest absolute Gasteiger partial charge is 0.359 e. The van der Waals surface area contributed by atoms with Gasteiger partial charge in [-0.1, -0.05) is 12.1 Å². The fraction of sp³-hybridized carbons (Fsp3) is 0.292. The third-order valence-electron chi connectivity index (χ3n) is 5.58. The summed E-state index contributed by atoms with van der Waals surface area (Å²) in [5.41, 5.74) is 3.25. The number of aromatic nitrogens is 2. The molecule has 2 aromatic carbocycles. The molecule has 6 nitrogen and oxygen atoms in total. The molecule has 2 atom stereocenters. The summed E-state index contributed by atoms with van der Waals surface area (Å²) in [6.07, 6.45) is 1.26. The van der Waals surface area contributed by atoms with Crippen molar-refractivity contribution in [1.29, 1.82) is 0 Å². The first kappa shape index (κ1) is 21.7. The number of nitrogens with zero attached hydrogens (tertiary/aromatic N) is 2. The molecule has 32 heavy (non-hydrogen) atoms. The van der Waals surface area contributed by atoms with Gasteiger partial charge in [0, 0.05) is 11.3 Å². The Morgan fingerprint density at radius 2 is 1.62 bits per heavy atom. The van der Waals surface area contributed by atoms with Gasteiger partial charge in [0.2, 0.25) is 0 Å². The van der Waals surface area contributed by atoms with Gasteiger partial charge in [-0.25, -0.2) is 18.3 Å². The van der Waals surface area contributed by atoms with E-state index in [2.05, 4.69) is 10.4 Å². The number of carbonyl (C=O) groups excluding carboxylic acids is 2. The Morgan fingerprint density at radius 3 is 2.28 bits per heavy atom. The maximum Gasteiger partial charge on any atom is 0.359 e. The van der Waals surface area contributed by atoms with Crippen molar-refractivity contribution in [3.05, 3.63) is 82.7 Å². The molecule has 0 fully saturated rings. The van der Waals surface area contributed by atoms with Crippen LogP contribution in [0.3, 0.4) is 0 Å². The third kappa shape index (κ3) is 4.39. The zero-order chi connectivity index (χ0) is 22.8. The second kappa shape index (κ2) is 8.90. The van der Waals surface area contributed by atoms with Crippen LogP contribution in [0.15, 0.2) is 48.5 Å². The van der Waals surface area contributed by atoms with Crippen molar-refractivity contribution in [2.24, 2.45) is 0 Å². The molecule has 2 unspecified atom stereocenters.